The van der Waals surface area contributed by atoms with Crippen LogP contribution < -0.4 is 10.2 Å². The lowest BCUT2D eigenvalue weighted by Gasteiger charge is -2.19. The zero-order valence-electron chi connectivity index (χ0n) is 16.3. The van der Waals surface area contributed by atoms with Gasteiger partial charge in [-0.2, -0.15) is 0 Å². The molecule has 0 radical (unpaired) electrons. The highest BCUT2D eigenvalue weighted by molar-refractivity contribution is 5.98. The average molecular weight is 385 g/mol. The third kappa shape index (κ3) is 4.19. The zero-order chi connectivity index (χ0) is 20.2. The molecule has 146 valence electrons. The van der Waals surface area contributed by atoms with E-state index in [1.165, 1.54) is 0 Å². The minimum atomic E-state index is -0.358. The van der Waals surface area contributed by atoms with Crippen LogP contribution in [0.3, 0.4) is 0 Å². The molecule has 0 saturated heterocycles. The van der Waals surface area contributed by atoms with Crippen LogP contribution in [-0.4, -0.2) is 23.3 Å². The summed E-state index contributed by atoms with van der Waals surface area (Å²) in [6.07, 6.45) is 3.10. The standard InChI is InChI=1S/C24H23N3O2/c1-17(28)27-14-12-19-10-11-21(16-23(19)27)26-24(29)22(18-7-3-2-4-8-18)15-20-9-5-6-13-25-20/h2-11,13,16,22H,12,14-15H2,1H3,(H,26,29). The van der Waals surface area contributed by atoms with Gasteiger partial charge in [-0.25, -0.2) is 0 Å². The van der Waals surface area contributed by atoms with Gasteiger partial charge < -0.3 is 10.2 Å². The number of pyridine rings is 1. The van der Waals surface area contributed by atoms with Crippen LogP contribution in [-0.2, 0) is 22.4 Å². The predicted molar refractivity (Wildman–Crippen MR) is 114 cm³/mol. The highest BCUT2D eigenvalue weighted by Gasteiger charge is 2.25. The Labute approximate surface area is 170 Å². The second-order valence-electron chi connectivity index (χ2n) is 7.24. The molecule has 2 amide bonds. The van der Waals surface area contributed by atoms with Crippen molar-refractivity contribution >= 4 is 23.2 Å². The fraction of sp³-hybridized carbons (Fsp3) is 0.208. The van der Waals surface area contributed by atoms with E-state index in [-0.39, 0.29) is 17.7 Å². The second kappa shape index (κ2) is 8.27. The fourth-order valence-corrected chi connectivity index (χ4v) is 3.79. The van der Waals surface area contributed by atoms with Crippen LogP contribution in [0, 0.1) is 0 Å². The molecule has 1 aliphatic heterocycles. The largest absolute Gasteiger partial charge is 0.325 e. The molecular formula is C24H23N3O2. The number of hydrogen-bond acceptors (Lipinski definition) is 3. The Morgan fingerprint density at radius 1 is 1.07 bits per heavy atom. The summed E-state index contributed by atoms with van der Waals surface area (Å²) in [5, 5.41) is 3.05. The summed E-state index contributed by atoms with van der Waals surface area (Å²) >= 11 is 0. The van der Waals surface area contributed by atoms with Crippen molar-refractivity contribution in [3.63, 3.8) is 0 Å². The number of anilines is 2. The van der Waals surface area contributed by atoms with Crippen molar-refractivity contribution in [2.75, 3.05) is 16.8 Å². The number of carbonyl (C=O) groups is 2. The molecule has 2 heterocycles. The van der Waals surface area contributed by atoms with Crippen LogP contribution in [0.5, 0.6) is 0 Å². The first-order valence-electron chi connectivity index (χ1n) is 9.78. The Balaban J connectivity index is 1.59. The maximum atomic E-state index is 13.2. The van der Waals surface area contributed by atoms with Crippen LogP contribution in [0.1, 0.15) is 29.7 Å². The van der Waals surface area contributed by atoms with Gasteiger partial charge in [0, 0.05) is 43.2 Å². The Morgan fingerprint density at radius 3 is 2.59 bits per heavy atom. The summed E-state index contributed by atoms with van der Waals surface area (Å²) in [5.74, 6) is -0.429. The molecule has 1 unspecified atom stereocenters. The summed E-state index contributed by atoms with van der Waals surface area (Å²) in [7, 11) is 0. The Kier molecular flexibility index (Phi) is 5.38. The monoisotopic (exact) mass is 385 g/mol. The number of amides is 2. The smallest absolute Gasteiger partial charge is 0.232 e. The van der Waals surface area contributed by atoms with Crippen molar-refractivity contribution < 1.29 is 9.59 Å². The van der Waals surface area contributed by atoms with Gasteiger partial charge in [0.15, 0.2) is 0 Å². The number of rotatable bonds is 5. The van der Waals surface area contributed by atoms with Crippen molar-refractivity contribution in [1.29, 1.82) is 0 Å². The van der Waals surface area contributed by atoms with Crippen LogP contribution in [0.15, 0.2) is 72.9 Å². The van der Waals surface area contributed by atoms with Gasteiger partial charge in [-0.05, 0) is 41.8 Å². The molecule has 1 N–H and O–H groups in total. The molecule has 5 heteroatoms. The van der Waals surface area contributed by atoms with E-state index in [1.807, 2.05) is 66.7 Å². The molecule has 1 atom stereocenters. The minimum Gasteiger partial charge on any atom is -0.325 e. The summed E-state index contributed by atoms with van der Waals surface area (Å²) < 4.78 is 0. The second-order valence-corrected chi connectivity index (χ2v) is 7.24. The van der Waals surface area contributed by atoms with E-state index < -0.39 is 0 Å². The molecular weight excluding hydrogens is 362 g/mol. The van der Waals surface area contributed by atoms with E-state index in [2.05, 4.69) is 10.3 Å². The third-order valence-corrected chi connectivity index (χ3v) is 5.29. The lowest BCUT2D eigenvalue weighted by atomic mass is 9.93. The average Bonchev–Trinajstić information content (AvgIpc) is 3.17. The van der Waals surface area contributed by atoms with Gasteiger partial charge in [0.25, 0.3) is 0 Å². The lowest BCUT2D eigenvalue weighted by Crippen LogP contribution is -2.26. The normalized spacial score (nSPS) is 13.6. The first kappa shape index (κ1) is 18.9. The molecule has 1 aliphatic rings. The van der Waals surface area contributed by atoms with Gasteiger partial charge in [0.1, 0.15) is 0 Å². The van der Waals surface area contributed by atoms with Gasteiger partial charge in [0.2, 0.25) is 11.8 Å². The van der Waals surface area contributed by atoms with Crippen LogP contribution >= 0.6 is 0 Å². The van der Waals surface area contributed by atoms with Crippen molar-refractivity contribution in [3.05, 3.63) is 89.7 Å². The van der Waals surface area contributed by atoms with Gasteiger partial charge in [-0.3, -0.25) is 14.6 Å². The molecule has 5 nitrogen and oxygen atoms in total. The van der Waals surface area contributed by atoms with Crippen molar-refractivity contribution in [2.24, 2.45) is 0 Å². The molecule has 4 rings (SSSR count). The third-order valence-electron chi connectivity index (χ3n) is 5.29. The van der Waals surface area contributed by atoms with E-state index in [1.54, 1.807) is 18.0 Å². The summed E-state index contributed by atoms with van der Waals surface area (Å²) in [4.78, 5) is 31.2. The number of hydrogen-bond donors (Lipinski definition) is 1. The molecule has 0 saturated carbocycles. The van der Waals surface area contributed by atoms with Crippen molar-refractivity contribution in [1.82, 2.24) is 4.98 Å². The number of nitrogens with one attached hydrogen (secondary N) is 1. The van der Waals surface area contributed by atoms with Gasteiger partial charge >= 0.3 is 0 Å². The topological polar surface area (TPSA) is 62.3 Å². The van der Waals surface area contributed by atoms with E-state index in [0.717, 1.165) is 28.9 Å². The fourth-order valence-electron chi connectivity index (χ4n) is 3.79. The number of fused-ring (bicyclic) bond motifs is 1. The minimum absolute atomic E-state index is 0.0181. The molecule has 2 aromatic carbocycles. The zero-order valence-corrected chi connectivity index (χ0v) is 16.3. The van der Waals surface area contributed by atoms with E-state index >= 15 is 0 Å². The molecule has 1 aromatic heterocycles. The number of carbonyl (C=O) groups excluding carboxylic acids is 2. The Hall–Kier alpha value is -3.47. The SMILES string of the molecule is CC(=O)N1CCc2ccc(NC(=O)C(Cc3ccccn3)c3ccccc3)cc21. The number of aromatic nitrogens is 1. The molecule has 29 heavy (non-hydrogen) atoms. The van der Waals surface area contributed by atoms with Crippen LogP contribution in [0.4, 0.5) is 11.4 Å². The highest BCUT2D eigenvalue weighted by Crippen LogP contribution is 2.31. The Bertz CT molecular complexity index is 1020. The summed E-state index contributed by atoms with van der Waals surface area (Å²) in [5.41, 5.74) is 4.53. The molecule has 3 aromatic rings. The van der Waals surface area contributed by atoms with Crippen LogP contribution in [0.25, 0.3) is 0 Å². The maximum absolute atomic E-state index is 13.2. The van der Waals surface area contributed by atoms with Crippen LogP contribution in [0.2, 0.25) is 0 Å². The Morgan fingerprint density at radius 2 is 1.86 bits per heavy atom. The van der Waals surface area contributed by atoms with Crippen molar-refractivity contribution in [2.45, 2.75) is 25.7 Å². The number of benzene rings is 2. The van der Waals surface area contributed by atoms with E-state index in [4.69, 9.17) is 0 Å². The summed E-state index contributed by atoms with van der Waals surface area (Å²) in [6, 6.07) is 21.3. The molecule has 0 aliphatic carbocycles. The van der Waals surface area contributed by atoms with Gasteiger partial charge in [0.05, 0.1) is 5.92 Å². The molecule has 0 bridgehead atoms. The van der Waals surface area contributed by atoms with Gasteiger partial charge in [-0.15, -0.1) is 0 Å². The first-order chi connectivity index (χ1) is 14.1. The van der Waals surface area contributed by atoms with Crippen molar-refractivity contribution in [3.8, 4) is 0 Å². The quantitative estimate of drug-likeness (QED) is 0.723. The predicted octanol–water partition coefficient (Wildman–Crippen LogP) is 3.96. The molecule has 0 spiro atoms. The van der Waals surface area contributed by atoms with E-state index in [9.17, 15) is 9.59 Å². The summed E-state index contributed by atoms with van der Waals surface area (Å²) in [6.45, 7) is 2.26. The van der Waals surface area contributed by atoms with E-state index in [0.29, 0.717) is 18.7 Å². The maximum Gasteiger partial charge on any atom is 0.232 e. The molecule has 0 fully saturated rings. The number of nitrogens with zero attached hydrogens (tertiary/aromatic N) is 2. The van der Waals surface area contributed by atoms with Gasteiger partial charge in [-0.1, -0.05) is 42.5 Å². The lowest BCUT2D eigenvalue weighted by molar-refractivity contribution is -0.118. The highest BCUT2D eigenvalue weighted by atomic mass is 16.2. The first-order valence-corrected chi connectivity index (χ1v) is 9.78.